The number of carboxylic acids is 1. The monoisotopic (exact) mass is 336 g/mol. The maximum Gasteiger partial charge on any atom is 0.306 e. The fraction of sp³-hybridized carbons (Fsp3) is 0.850. The highest BCUT2D eigenvalue weighted by atomic mass is 16.5. The van der Waals surface area contributed by atoms with Gasteiger partial charge in [0.05, 0.1) is 23.7 Å². The van der Waals surface area contributed by atoms with Crippen LogP contribution in [0, 0.1) is 16.7 Å². The number of carboxylic acid groups (broad SMARTS) is 1. The summed E-state index contributed by atoms with van der Waals surface area (Å²) in [5, 5.41) is 20.1. The molecule has 0 aromatic rings. The van der Waals surface area contributed by atoms with E-state index in [1.54, 1.807) is 0 Å². The Morgan fingerprint density at radius 3 is 2.50 bits per heavy atom. The topological polar surface area (TPSA) is 66.8 Å². The lowest BCUT2D eigenvalue weighted by molar-refractivity contribution is -0.209. The van der Waals surface area contributed by atoms with Crippen LogP contribution in [-0.4, -0.2) is 33.5 Å². The van der Waals surface area contributed by atoms with Crippen LogP contribution in [0.3, 0.4) is 0 Å². The zero-order chi connectivity index (χ0) is 18.0. The molecule has 1 spiro atoms. The fourth-order valence-corrected chi connectivity index (χ4v) is 6.40. The molecule has 3 aliphatic rings. The molecular weight excluding hydrogens is 304 g/mol. The van der Waals surface area contributed by atoms with Gasteiger partial charge in [-0.3, -0.25) is 4.79 Å². The summed E-state index contributed by atoms with van der Waals surface area (Å²) >= 11 is 0. The van der Waals surface area contributed by atoms with E-state index >= 15 is 0 Å². The van der Waals surface area contributed by atoms with Crippen molar-refractivity contribution >= 4 is 5.97 Å². The maximum atomic E-state index is 11.3. The van der Waals surface area contributed by atoms with Crippen molar-refractivity contribution in [1.82, 2.24) is 0 Å². The highest BCUT2D eigenvalue weighted by molar-refractivity contribution is 5.68. The summed E-state index contributed by atoms with van der Waals surface area (Å²) in [6.07, 6.45) is 6.41. The molecule has 1 heterocycles. The molecule has 1 saturated heterocycles. The van der Waals surface area contributed by atoms with Crippen molar-refractivity contribution in [2.45, 2.75) is 90.4 Å². The quantitative estimate of drug-likeness (QED) is 0.750. The molecule has 1 aliphatic heterocycles. The van der Waals surface area contributed by atoms with Gasteiger partial charge in [-0.1, -0.05) is 33.3 Å². The lowest BCUT2D eigenvalue weighted by Crippen LogP contribution is -2.63. The molecule has 2 fully saturated rings. The first-order valence-electron chi connectivity index (χ1n) is 9.25. The van der Waals surface area contributed by atoms with Crippen LogP contribution in [0.4, 0.5) is 0 Å². The van der Waals surface area contributed by atoms with Gasteiger partial charge in [-0.25, -0.2) is 0 Å². The summed E-state index contributed by atoms with van der Waals surface area (Å²) in [5.41, 5.74) is -0.104. The predicted octanol–water partition coefficient (Wildman–Crippen LogP) is 3.92. The molecule has 0 bridgehead atoms. The molecule has 136 valence electrons. The van der Waals surface area contributed by atoms with E-state index in [-0.39, 0.29) is 23.2 Å². The maximum absolute atomic E-state index is 11.3. The van der Waals surface area contributed by atoms with Crippen LogP contribution in [0.1, 0.15) is 73.1 Å². The molecule has 2 N–H and O–H groups in total. The predicted molar refractivity (Wildman–Crippen MR) is 92.7 cm³/mol. The Kier molecular flexibility index (Phi) is 3.97. The Balaban J connectivity index is 2.07. The van der Waals surface area contributed by atoms with Gasteiger partial charge in [0.1, 0.15) is 0 Å². The van der Waals surface area contributed by atoms with Gasteiger partial charge in [0, 0.05) is 11.3 Å². The van der Waals surface area contributed by atoms with E-state index in [9.17, 15) is 15.0 Å². The minimum Gasteiger partial charge on any atom is -0.481 e. The first kappa shape index (κ1) is 17.9. The Labute approximate surface area is 145 Å². The number of ether oxygens (including phenoxy) is 1. The van der Waals surface area contributed by atoms with Crippen molar-refractivity contribution in [2.24, 2.45) is 16.7 Å². The summed E-state index contributed by atoms with van der Waals surface area (Å²) in [6.45, 7) is 10.8. The third-order valence-electron chi connectivity index (χ3n) is 7.32. The van der Waals surface area contributed by atoms with Gasteiger partial charge >= 0.3 is 5.97 Å². The van der Waals surface area contributed by atoms with Crippen molar-refractivity contribution in [1.29, 1.82) is 0 Å². The molecule has 0 amide bonds. The van der Waals surface area contributed by atoms with Gasteiger partial charge in [-0.2, -0.15) is 0 Å². The summed E-state index contributed by atoms with van der Waals surface area (Å²) in [6, 6.07) is 0. The Hall–Kier alpha value is -0.870. The van der Waals surface area contributed by atoms with Gasteiger partial charge in [-0.15, -0.1) is 0 Å². The van der Waals surface area contributed by atoms with Gasteiger partial charge in [0.25, 0.3) is 0 Å². The second-order valence-electron chi connectivity index (χ2n) is 9.53. The molecule has 1 saturated carbocycles. The van der Waals surface area contributed by atoms with Crippen molar-refractivity contribution < 1.29 is 19.7 Å². The van der Waals surface area contributed by atoms with Gasteiger partial charge in [0.15, 0.2) is 0 Å². The molecular formula is C20H32O4. The van der Waals surface area contributed by atoms with Crippen LogP contribution < -0.4 is 0 Å². The average Bonchev–Trinajstić information content (AvgIpc) is 2.74. The second-order valence-corrected chi connectivity index (χ2v) is 9.53. The van der Waals surface area contributed by atoms with E-state index < -0.39 is 23.3 Å². The summed E-state index contributed by atoms with van der Waals surface area (Å²) in [4.78, 5) is 11.3. The van der Waals surface area contributed by atoms with E-state index in [4.69, 9.17) is 4.74 Å². The van der Waals surface area contributed by atoms with E-state index in [1.807, 2.05) is 13.0 Å². The van der Waals surface area contributed by atoms with E-state index in [1.165, 1.54) is 0 Å². The lowest BCUT2D eigenvalue weighted by atomic mass is 9.46. The van der Waals surface area contributed by atoms with Gasteiger partial charge in [-0.05, 0) is 50.5 Å². The minimum atomic E-state index is -0.808. The number of hydrogen-bond acceptors (Lipinski definition) is 3. The van der Waals surface area contributed by atoms with Crippen LogP contribution in [0.25, 0.3) is 0 Å². The second kappa shape index (κ2) is 5.31. The number of aliphatic hydroxyl groups excluding tert-OH is 1. The third-order valence-corrected chi connectivity index (χ3v) is 7.32. The Morgan fingerprint density at radius 2 is 1.88 bits per heavy atom. The first-order chi connectivity index (χ1) is 11.0. The molecule has 4 heteroatoms. The van der Waals surface area contributed by atoms with Crippen LogP contribution in [0.15, 0.2) is 11.6 Å². The normalized spacial score (nSPS) is 47.3. The highest BCUT2D eigenvalue weighted by Crippen LogP contribution is 2.66. The van der Waals surface area contributed by atoms with E-state index in [0.717, 1.165) is 37.7 Å². The number of aliphatic hydroxyl groups is 1. The van der Waals surface area contributed by atoms with E-state index in [2.05, 4.69) is 27.7 Å². The smallest absolute Gasteiger partial charge is 0.306 e. The summed E-state index contributed by atoms with van der Waals surface area (Å²) in [7, 11) is 0. The van der Waals surface area contributed by atoms with Crippen molar-refractivity contribution in [2.75, 3.05) is 0 Å². The average molecular weight is 336 g/mol. The van der Waals surface area contributed by atoms with Crippen LogP contribution in [0.2, 0.25) is 0 Å². The number of rotatable bonds is 2. The fourth-order valence-electron chi connectivity index (χ4n) is 6.40. The van der Waals surface area contributed by atoms with Crippen LogP contribution >= 0.6 is 0 Å². The number of fused-ring (bicyclic) bond motifs is 2. The SMILES string of the molecule is CC1=C[C@H](O)[C@@H]2C(C)(C)CCC[C@]2(C)[C@@]12CC[C@](C)(CC(=O)O)O2. The molecule has 0 aromatic heterocycles. The van der Waals surface area contributed by atoms with Crippen LogP contribution in [0.5, 0.6) is 0 Å². The van der Waals surface area contributed by atoms with Gasteiger partial charge < -0.3 is 14.9 Å². The Bertz CT molecular complexity index is 580. The van der Waals surface area contributed by atoms with Crippen LogP contribution in [-0.2, 0) is 9.53 Å². The minimum absolute atomic E-state index is 0.0364. The molecule has 24 heavy (non-hydrogen) atoms. The Morgan fingerprint density at radius 1 is 1.21 bits per heavy atom. The first-order valence-corrected chi connectivity index (χ1v) is 9.25. The molecule has 3 rings (SSSR count). The lowest BCUT2D eigenvalue weighted by Gasteiger charge is -2.62. The molecule has 0 unspecified atom stereocenters. The molecule has 2 aliphatic carbocycles. The number of carbonyl (C=O) groups is 1. The van der Waals surface area contributed by atoms with Crippen molar-refractivity contribution in [3.63, 3.8) is 0 Å². The molecule has 5 atom stereocenters. The van der Waals surface area contributed by atoms with Crippen molar-refractivity contribution in [3.8, 4) is 0 Å². The highest BCUT2D eigenvalue weighted by Gasteiger charge is 2.66. The standard InChI is InChI=1S/C20H32O4/c1-13-11-14(21)16-17(2,3)7-6-8-19(16,5)20(13)10-9-18(4,24-20)12-15(22)23/h11,14,16,21H,6-10,12H2,1-5H3,(H,22,23)/t14-,16+,18+,19-,20+/m0/s1. The molecule has 0 aromatic carbocycles. The van der Waals surface area contributed by atoms with Gasteiger partial charge in [0.2, 0.25) is 0 Å². The molecule has 0 radical (unpaired) electrons. The summed E-state index contributed by atoms with van der Waals surface area (Å²) in [5.74, 6) is -0.674. The largest absolute Gasteiger partial charge is 0.481 e. The number of aliphatic carboxylic acids is 1. The third kappa shape index (κ3) is 2.37. The number of hydrogen-bond donors (Lipinski definition) is 2. The summed E-state index contributed by atoms with van der Waals surface area (Å²) < 4.78 is 6.65. The zero-order valence-electron chi connectivity index (χ0n) is 15.7. The molecule has 4 nitrogen and oxygen atoms in total. The van der Waals surface area contributed by atoms with E-state index in [0.29, 0.717) is 0 Å². The zero-order valence-corrected chi connectivity index (χ0v) is 15.7. The van der Waals surface area contributed by atoms with Crippen molar-refractivity contribution in [3.05, 3.63) is 11.6 Å².